The summed E-state index contributed by atoms with van der Waals surface area (Å²) in [5.41, 5.74) is 1.29. The van der Waals surface area contributed by atoms with Crippen molar-refractivity contribution in [3.63, 3.8) is 0 Å². The van der Waals surface area contributed by atoms with Crippen LogP contribution in [0.2, 0.25) is 0 Å². The number of aromatic amines is 1. The summed E-state index contributed by atoms with van der Waals surface area (Å²) >= 11 is 0. The van der Waals surface area contributed by atoms with Gasteiger partial charge in [-0.25, -0.2) is 0 Å². The number of nitrogens with one attached hydrogen (secondary N) is 1. The molecule has 6 heteroatoms. The number of β-amino-alcohol motifs (C(OH)–C–C–N with tert-alkyl or cyclic N) is 1. The van der Waals surface area contributed by atoms with E-state index < -0.39 is 6.10 Å². The molecule has 6 nitrogen and oxygen atoms in total. The van der Waals surface area contributed by atoms with Gasteiger partial charge in [0.1, 0.15) is 24.2 Å². The third-order valence-corrected chi connectivity index (χ3v) is 4.55. The predicted octanol–water partition coefficient (Wildman–Crippen LogP) is 2.04. The molecule has 2 N–H and O–H groups in total. The highest BCUT2D eigenvalue weighted by Crippen LogP contribution is 2.27. The summed E-state index contributed by atoms with van der Waals surface area (Å²) in [4.78, 5) is 2.30. The van der Waals surface area contributed by atoms with Crippen molar-refractivity contribution in [3.8, 4) is 11.5 Å². The fraction of sp³-hybridized carbons (Fsp3) is 0.500. The zero-order valence-electron chi connectivity index (χ0n) is 14.0. The second-order valence-electron chi connectivity index (χ2n) is 6.25. The van der Waals surface area contributed by atoms with Crippen LogP contribution in [0.25, 0.3) is 0 Å². The number of rotatable bonds is 7. The summed E-state index contributed by atoms with van der Waals surface area (Å²) in [6.45, 7) is 2.94. The van der Waals surface area contributed by atoms with Crippen LogP contribution < -0.4 is 9.47 Å². The van der Waals surface area contributed by atoms with E-state index in [-0.39, 0.29) is 0 Å². The van der Waals surface area contributed by atoms with Gasteiger partial charge in [0.25, 0.3) is 0 Å². The second-order valence-corrected chi connectivity index (χ2v) is 6.25. The minimum atomic E-state index is -0.488. The van der Waals surface area contributed by atoms with Gasteiger partial charge in [-0.05, 0) is 61.7 Å². The zero-order valence-corrected chi connectivity index (χ0v) is 14.0. The Hall–Kier alpha value is -2.05. The third-order valence-electron chi connectivity index (χ3n) is 4.55. The Kier molecular flexibility index (Phi) is 5.72. The molecular weight excluding hydrogens is 306 g/mol. The Morgan fingerprint density at radius 2 is 1.96 bits per heavy atom. The average Bonchev–Trinajstić information content (AvgIpc) is 3.16. The quantitative estimate of drug-likeness (QED) is 0.812. The highest BCUT2D eigenvalue weighted by atomic mass is 16.5. The van der Waals surface area contributed by atoms with Gasteiger partial charge in [0.2, 0.25) is 0 Å². The minimum Gasteiger partial charge on any atom is -0.497 e. The van der Waals surface area contributed by atoms with Gasteiger partial charge in [-0.1, -0.05) is 0 Å². The lowest BCUT2D eigenvalue weighted by molar-refractivity contribution is 0.0594. The van der Waals surface area contributed by atoms with Gasteiger partial charge in [0.15, 0.2) is 0 Å². The molecule has 1 saturated heterocycles. The van der Waals surface area contributed by atoms with Gasteiger partial charge in [-0.3, -0.25) is 5.10 Å². The van der Waals surface area contributed by atoms with Crippen molar-refractivity contribution in [1.29, 1.82) is 0 Å². The van der Waals surface area contributed by atoms with E-state index in [9.17, 15) is 5.11 Å². The molecule has 1 aromatic carbocycles. The van der Waals surface area contributed by atoms with Crippen LogP contribution in [-0.2, 0) is 0 Å². The van der Waals surface area contributed by atoms with E-state index >= 15 is 0 Å². The molecule has 3 rings (SSSR count). The van der Waals surface area contributed by atoms with E-state index in [1.54, 1.807) is 7.11 Å². The molecule has 0 radical (unpaired) electrons. The normalized spacial score (nSPS) is 17.6. The molecule has 24 heavy (non-hydrogen) atoms. The molecule has 0 saturated carbocycles. The molecule has 0 aliphatic carbocycles. The Balaban J connectivity index is 1.38. The van der Waals surface area contributed by atoms with Crippen molar-refractivity contribution in [2.24, 2.45) is 0 Å². The van der Waals surface area contributed by atoms with Crippen LogP contribution in [0.5, 0.6) is 11.5 Å². The predicted molar refractivity (Wildman–Crippen MR) is 91.5 cm³/mol. The van der Waals surface area contributed by atoms with Crippen LogP contribution in [0.4, 0.5) is 0 Å². The first-order valence-electron chi connectivity index (χ1n) is 8.40. The summed E-state index contributed by atoms with van der Waals surface area (Å²) in [6.07, 6.45) is 5.62. The maximum Gasteiger partial charge on any atom is 0.119 e. The van der Waals surface area contributed by atoms with E-state index in [0.717, 1.165) is 37.4 Å². The lowest BCUT2D eigenvalue weighted by atomic mass is 9.91. The molecule has 1 aliphatic rings. The highest BCUT2D eigenvalue weighted by Gasteiger charge is 2.22. The van der Waals surface area contributed by atoms with Crippen LogP contribution in [-0.4, -0.2) is 59.7 Å². The van der Waals surface area contributed by atoms with Crippen molar-refractivity contribution < 1.29 is 14.6 Å². The molecule has 1 aromatic heterocycles. The van der Waals surface area contributed by atoms with Crippen molar-refractivity contribution in [2.75, 3.05) is 33.4 Å². The van der Waals surface area contributed by atoms with Gasteiger partial charge in [0, 0.05) is 12.7 Å². The Morgan fingerprint density at radius 1 is 1.25 bits per heavy atom. The number of aliphatic hydroxyl groups excluding tert-OH is 1. The molecule has 0 spiro atoms. The minimum absolute atomic E-state index is 0.300. The van der Waals surface area contributed by atoms with Gasteiger partial charge < -0.3 is 19.5 Å². The van der Waals surface area contributed by atoms with Crippen molar-refractivity contribution in [2.45, 2.75) is 24.9 Å². The third kappa shape index (κ3) is 4.49. The smallest absolute Gasteiger partial charge is 0.119 e. The molecular formula is C18H25N3O3. The van der Waals surface area contributed by atoms with E-state index in [1.807, 2.05) is 36.7 Å². The van der Waals surface area contributed by atoms with Gasteiger partial charge in [0.05, 0.1) is 13.3 Å². The summed E-state index contributed by atoms with van der Waals surface area (Å²) in [5.74, 6) is 2.12. The molecule has 1 atom stereocenters. The fourth-order valence-corrected chi connectivity index (χ4v) is 3.15. The van der Waals surface area contributed by atoms with Crippen molar-refractivity contribution in [1.82, 2.24) is 15.1 Å². The molecule has 0 bridgehead atoms. The number of aliphatic hydroxyl groups is 1. The number of H-pyrrole nitrogens is 1. The maximum absolute atomic E-state index is 10.2. The largest absolute Gasteiger partial charge is 0.497 e. The number of hydrogen-bond acceptors (Lipinski definition) is 5. The van der Waals surface area contributed by atoms with Gasteiger partial charge in [-0.2, -0.15) is 5.10 Å². The van der Waals surface area contributed by atoms with E-state index in [4.69, 9.17) is 9.47 Å². The van der Waals surface area contributed by atoms with Crippen molar-refractivity contribution in [3.05, 3.63) is 42.2 Å². The molecule has 130 valence electrons. The Bertz CT molecular complexity index is 592. The number of aromatic nitrogens is 2. The van der Waals surface area contributed by atoms with Crippen LogP contribution in [0, 0.1) is 0 Å². The Morgan fingerprint density at radius 3 is 2.58 bits per heavy atom. The van der Waals surface area contributed by atoms with E-state index in [0.29, 0.717) is 19.1 Å². The van der Waals surface area contributed by atoms with E-state index in [1.165, 1.54) is 5.56 Å². The molecule has 2 heterocycles. The molecule has 1 unspecified atom stereocenters. The SMILES string of the molecule is COc1ccc(OCC(O)CN2CCC(c3cn[nH]c3)CC2)cc1. The first kappa shape index (κ1) is 16.8. The number of hydrogen-bond donors (Lipinski definition) is 2. The maximum atomic E-state index is 10.2. The average molecular weight is 331 g/mol. The van der Waals surface area contributed by atoms with Crippen LogP contribution in [0.1, 0.15) is 24.3 Å². The first-order chi connectivity index (χ1) is 11.7. The summed E-state index contributed by atoms with van der Waals surface area (Å²) in [5, 5.41) is 17.1. The summed E-state index contributed by atoms with van der Waals surface area (Å²) < 4.78 is 10.8. The first-order valence-corrected chi connectivity index (χ1v) is 8.40. The lowest BCUT2D eigenvalue weighted by Gasteiger charge is -2.32. The van der Waals surface area contributed by atoms with Gasteiger partial charge >= 0.3 is 0 Å². The number of methoxy groups -OCH3 is 1. The summed E-state index contributed by atoms with van der Waals surface area (Å²) in [7, 11) is 1.63. The van der Waals surface area contributed by atoms with Crippen LogP contribution >= 0.6 is 0 Å². The highest BCUT2D eigenvalue weighted by molar-refractivity contribution is 5.31. The number of piperidine rings is 1. The van der Waals surface area contributed by atoms with Gasteiger partial charge in [-0.15, -0.1) is 0 Å². The topological polar surface area (TPSA) is 70.6 Å². The van der Waals surface area contributed by atoms with Crippen molar-refractivity contribution >= 4 is 0 Å². The number of ether oxygens (including phenoxy) is 2. The molecule has 1 aliphatic heterocycles. The standard InChI is InChI=1S/C18H25N3O3/c1-23-17-2-4-18(5-3-17)24-13-16(22)12-21-8-6-14(7-9-21)15-10-19-20-11-15/h2-5,10-11,14,16,22H,6-9,12-13H2,1H3,(H,19,20). The fourth-order valence-electron chi connectivity index (χ4n) is 3.15. The van der Waals surface area contributed by atoms with E-state index in [2.05, 4.69) is 15.1 Å². The Labute approximate surface area is 142 Å². The molecule has 0 amide bonds. The summed E-state index contributed by atoms with van der Waals surface area (Å²) in [6, 6.07) is 7.40. The lowest BCUT2D eigenvalue weighted by Crippen LogP contribution is -2.40. The second kappa shape index (κ2) is 8.17. The number of nitrogens with zero attached hydrogens (tertiary/aromatic N) is 2. The monoisotopic (exact) mass is 331 g/mol. The van der Waals surface area contributed by atoms with Crippen LogP contribution in [0.15, 0.2) is 36.7 Å². The number of benzene rings is 1. The number of likely N-dealkylation sites (tertiary alicyclic amines) is 1. The molecule has 1 fully saturated rings. The zero-order chi connectivity index (χ0) is 16.8. The van der Waals surface area contributed by atoms with Crippen LogP contribution in [0.3, 0.4) is 0 Å². The molecule has 2 aromatic rings.